The van der Waals surface area contributed by atoms with Gasteiger partial charge in [-0.25, -0.2) is 0 Å². The zero-order chi connectivity index (χ0) is 10.7. The molecule has 15 heavy (non-hydrogen) atoms. The van der Waals surface area contributed by atoms with Crippen LogP contribution in [0.5, 0.6) is 0 Å². The maximum atomic E-state index is 9.50. The second-order valence-electron chi connectivity index (χ2n) is 4.49. The van der Waals surface area contributed by atoms with Crippen molar-refractivity contribution in [1.29, 1.82) is 0 Å². The van der Waals surface area contributed by atoms with Crippen molar-refractivity contribution in [3.63, 3.8) is 0 Å². The Balaban J connectivity index is 1.79. The maximum Gasteiger partial charge on any atom is 0.0541 e. The van der Waals surface area contributed by atoms with E-state index in [-0.39, 0.29) is 6.10 Å². The van der Waals surface area contributed by atoms with Crippen LogP contribution in [0, 0.1) is 5.92 Å². The summed E-state index contributed by atoms with van der Waals surface area (Å²) in [7, 11) is 0. The number of hydrogen-bond acceptors (Lipinski definition) is 3. The van der Waals surface area contributed by atoms with Crippen LogP contribution in [0.1, 0.15) is 25.3 Å². The van der Waals surface area contributed by atoms with Gasteiger partial charge in [0.1, 0.15) is 0 Å². The fourth-order valence-corrected chi connectivity index (χ4v) is 2.89. The number of rotatable bonds is 3. The molecule has 0 amide bonds. The van der Waals surface area contributed by atoms with Gasteiger partial charge in [-0.3, -0.25) is 4.90 Å². The van der Waals surface area contributed by atoms with Crippen LogP contribution in [0.2, 0.25) is 0 Å². The van der Waals surface area contributed by atoms with E-state index in [4.69, 9.17) is 0 Å². The molecule has 2 rings (SSSR count). The minimum atomic E-state index is -0.131. The van der Waals surface area contributed by atoms with Crippen LogP contribution >= 0.6 is 11.3 Å². The second-order valence-corrected chi connectivity index (χ2v) is 5.27. The lowest BCUT2D eigenvalue weighted by Crippen LogP contribution is -2.36. The normalized spacial score (nSPS) is 21.7. The molecule has 0 radical (unpaired) electrons. The summed E-state index contributed by atoms with van der Waals surface area (Å²) in [6, 6.07) is 2.20. The van der Waals surface area contributed by atoms with Crippen molar-refractivity contribution in [2.45, 2.75) is 32.4 Å². The number of aliphatic hydroxyl groups is 1. The minimum Gasteiger partial charge on any atom is -0.393 e. The van der Waals surface area contributed by atoms with Crippen LogP contribution < -0.4 is 0 Å². The quantitative estimate of drug-likeness (QED) is 0.853. The minimum absolute atomic E-state index is 0.131. The van der Waals surface area contributed by atoms with E-state index < -0.39 is 0 Å². The summed E-state index contributed by atoms with van der Waals surface area (Å²) in [5.41, 5.74) is 1.43. The van der Waals surface area contributed by atoms with E-state index in [0.717, 1.165) is 32.5 Å². The predicted molar refractivity (Wildman–Crippen MR) is 64.0 cm³/mol. The van der Waals surface area contributed by atoms with E-state index in [1.165, 1.54) is 5.56 Å². The van der Waals surface area contributed by atoms with Gasteiger partial charge in [-0.2, -0.15) is 11.3 Å². The molecule has 1 N–H and O–H groups in total. The van der Waals surface area contributed by atoms with Gasteiger partial charge in [-0.05, 0) is 61.2 Å². The molecule has 1 aliphatic heterocycles. The van der Waals surface area contributed by atoms with Crippen molar-refractivity contribution in [1.82, 2.24) is 4.90 Å². The summed E-state index contributed by atoms with van der Waals surface area (Å²) in [6.07, 6.45) is 2.15. The van der Waals surface area contributed by atoms with E-state index in [9.17, 15) is 5.11 Å². The van der Waals surface area contributed by atoms with Crippen LogP contribution in [0.4, 0.5) is 0 Å². The molecule has 1 saturated heterocycles. The molecule has 2 heterocycles. The van der Waals surface area contributed by atoms with Gasteiger partial charge in [0.25, 0.3) is 0 Å². The van der Waals surface area contributed by atoms with E-state index in [1.54, 1.807) is 11.3 Å². The first-order valence-corrected chi connectivity index (χ1v) is 6.61. The molecule has 1 aliphatic rings. The van der Waals surface area contributed by atoms with E-state index in [2.05, 4.69) is 21.7 Å². The van der Waals surface area contributed by atoms with E-state index in [0.29, 0.717) is 5.92 Å². The van der Waals surface area contributed by atoms with Gasteiger partial charge in [0.15, 0.2) is 0 Å². The fourth-order valence-electron chi connectivity index (χ4n) is 2.23. The Morgan fingerprint density at radius 1 is 1.53 bits per heavy atom. The Bertz CT molecular complexity index is 276. The third-order valence-electron chi connectivity index (χ3n) is 3.30. The summed E-state index contributed by atoms with van der Waals surface area (Å²) in [4.78, 5) is 2.49. The second kappa shape index (κ2) is 5.10. The average molecular weight is 225 g/mol. The zero-order valence-electron chi connectivity index (χ0n) is 9.22. The highest BCUT2D eigenvalue weighted by atomic mass is 32.1. The van der Waals surface area contributed by atoms with E-state index >= 15 is 0 Å². The first-order chi connectivity index (χ1) is 7.25. The van der Waals surface area contributed by atoms with E-state index in [1.807, 2.05) is 6.92 Å². The van der Waals surface area contributed by atoms with Gasteiger partial charge in [0, 0.05) is 6.54 Å². The number of hydrogen-bond donors (Lipinski definition) is 1. The van der Waals surface area contributed by atoms with Gasteiger partial charge >= 0.3 is 0 Å². The molecular formula is C12H19NOS. The highest BCUT2D eigenvalue weighted by molar-refractivity contribution is 7.07. The lowest BCUT2D eigenvalue weighted by atomic mass is 9.92. The first-order valence-electron chi connectivity index (χ1n) is 5.67. The van der Waals surface area contributed by atoms with Gasteiger partial charge in [0.2, 0.25) is 0 Å². The molecule has 0 saturated carbocycles. The number of piperidine rings is 1. The molecule has 0 aromatic carbocycles. The predicted octanol–water partition coefficient (Wildman–Crippen LogP) is 2.34. The van der Waals surface area contributed by atoms with Crippen molar-refractivity contribution in [2.24, 2.45) is 5.92 Å². The number of nitrogens with zero attached hydrogens (tertiary/aromatic N) is 1. The van der Waals surface area contributed by atoms with Gasteiger partial charge in [-0.1, -0.05) is 0 Å². The molecule has 0 aliphatic carbocycles. The van der Waals surface area contributed by atoms with Crippen molar-refractivity contribution in [2.75, 3.05) is 13.1 Å². The van der Waals surface area contributed by atoms with Gasteiger partial charge < -0.3 is 5.11 Å². The van der Waals surface area contributed by atoms with Gasteiger partial charge in [0.05, 0.1) is 6.10 Å². The molecule has 3 heteroatoms. The molecule has 1 atom stereocenters. The highest BCUT2D eigenvalue weighted by Gasteiger charge is 2.22. The van der Waals surface area contributed by atoms with Crippen LogP contribution in [-0.2, 0) is 6.54 Å². The molecule has 84 valence electrons. The van der Waals surface area contributed by atoms with Gasteiger partial charge in [-0.15, -0.1) is 0 Å². The van der Waals surface area contributed by atoms with Crippen molar-refractivity contribution < 1.29 is 5.11 Å². The summed E-state index contributed by atoms with van der Waals surface area (Å²) in [5, 5.41) is 13.9. The fraction of sp³-hybridized carbons (Fsp3) is 0.667. The third kappa shape index (κ3) is 3.03. The molecule has 1 fully saturated rings. The molecule has 0 bridgehead atoms. The topological polar surface area (TPSA) is 23.5 Å². The molecule has 1 aromatic rings. The van der Waals surface area contributed by atoms with Crippen LogP contribution in [0.25, 0.3) is 0 Å². The monoisotopic (exact) mass is 225 g/mol. The third-order valence-corrected chi connectivity index (χ3v) is 4.03. The Morgan fingerprint density at radius 2 is 2.27 bits per heavy atom. The van der Waals surface area contributed by atoms with Crippen LogP contribution in [0.15, 0.2) is 16.8 Å². The highest BCUT2D eigenvalue weighted by Crippen LogP contribution is 2.22. The van der Waals surface area contributed by atoms with Crippen molar-refractivity contribution in [3.8, 4) is 0 Å². The molecule has 1 aromatic heterocycles. The Labute approximate surface area is 95.5 Å². The molecule has 0 spiro atoms. The summed E-state index contributed by atoms with van der Waals surface area (Å²) < 4.78 is 0. The number of aliphatic hydroxyl groups excluding tert-OH is 1. The largest absolute Gasteiger partial charge is 0.393 e. The summed E-state index contributed by atoms with van der Waals surface area (Å²) in [6.45, 7) is 5.26. The Hall–Kier alpha value is -0.380. The maximum absolute atomic E-state index is 9.50. The average Bonchev–Trinajstić information content (AvgIpc) is 2.71. The smallest absolute Gasteiger partial charge is 0.0541 e. The Morgan fingerprint density at radius 3 is 2.80 bits per heavy atom. The van der Waals surface area contributed by atoms with Crippen LogP contribution in [-0.4, -0.2) is 29.2 Å². The molecule has 2 nitrogen and oxygen atoms in total. The number of likely N-dealkylation sites (tertiary alicyclic amines) is 1. The van der Waals surface area contributed by atoms with Crippen molar-refractivity contribution >= 4 is 11.3 Å². The standard InChI is InChI=1S/C12H19NOS/c1-10(14)12-2-5-13(6-3-12)8-11-4-7-15-9-11/h4,7,9-10,12,14H,2-3,5-6,8H2,1H3. The zero-order valence-corrected chi connectivity index (χ0v) is 10.0. The lowest BCUT2D eigenvalue weighted by Gasteiger charge is -2.33. The lowest BCUT2D eigenvalue weighted by molar-refractivity contribution is 0.0696. The number of thiophene rings is 1. The Kier molecular flexibility index (Phi) is 3.78. The first kappa shape index (κ1) is 11.1. The summed E-state index contributed by atoms with van der Waals surface area (Å²) in [5.74, 6) is 0.517. The van der Waals surface area contributed by atoms with Crippen LogP contribution in [0.3, 0.4) is 0 Å². The molecule has 1 unspecified atom stereocenters. The molecular weight excluding hydrogens is 206 g/mol. The SMILES string of the molecule is CC(O)C1CCN(Cc2ccsc2)CC1. The summed E-state index contributed by atoms with van der Waals surface area (Å²) >= 11 is 1.77. The van der Waals surface area contributed by atoms with Crippen molar-refractivity contribution in [3.05, 3.63) is 22.4 Å².